The maximum Gasteiger partial charge on any atom is 0.365 e. The summed E-state index contributed by atoms with van der Waals surface area (Å²) in [4.78, 5) is 28.9. The van der Waals surface area contributed by atoms with Crippen LogP contribution in [-0.2, 0) is 0 Å². The average Bonchev–Trinajstić information content (AvgIpc) is 3.26. The molecule has 5 rings (SSSR count). The van der Waals surface area contributed by atoms with Gasteiger partial charge in [0.05, 0.1) is 16.6 Å². The van der Waals surface area contributed by atoms with E-state index in [0.717, 1.165) is 45.1 Å². The van der Waals surface area contributed by atoms with E-state index in [4.69, 9.17) is 0 Å². The minimum Gasteiger partial charge on any atom is -0.421 e. The van der Waals surface area contributed by atoms with E-state index < -0.39 is 17.1 Å². The molecular formula is C18H21FN4O3. The Morgan fingerprint density at radius 3 is 2.35 bits per heavy atom. The summed E-state index contributed by atoms with van der Waals surface area (Å²) < 4.78 is 16.3. The summed E-state index contributed by atoms with van der Waals surface area (Å²) in [6.07, 6.45) is 1.64. The predicted molar refractivity (Wildman–Crippen MR) is 94.6 cm³/mol. The molecule has 3 fully saturated rings. The van der Waals surface area contributed by atoms with Crippen molar-refractivity contribution in [3.63, 3.8) is 0 Å². The lowest BCUT2D eigenvalue weighted by Crippen LogP contribution is -2.38. The van der Waals surface area contributed by atoms with Gasteiger partial charge in [0.1, 0.15) is 5.82 Å². The van der Waals surface area contributed by atoms with Crippen LogP contribution in [0.15, 0.2) is 21.7 Å². The van der Waals surface area contributed by atoms with Crippen molar-refractivity contribution >= 4 is 16.6 Å². The minimum atomic E-state index is -0.868. The number of benzene rings is 1. The lowest BCUT2D eigenvalue weighted by atomic mass is 10.0. The Balaban J connectivity index is 1.65. The first kappa shape index (κ1) is 15.9. The molecule has 2 saturated heterocycles. The summed E-state index contributed by atoms with van der Waals surface area (Å²) >= 11 is 0. The minimum absolute atomic E-state index is 0.0334. The maximum absolute atomic E-state index is 14.8. The summed E-state index contributed by atoms with van der Waals surface area (Å²) in [6, 6.07) is 2.75. The highest BCUT2D eigenvalue weighted by Gasteiger charge is 2.39. The molecule has 0 spiro atoms. The van der Waals surface area contributed by atoms with E-state index in [1.807, 2.05) is 4.90 Å². The number of aromatic nitrogens is 2. The van der Waals surface area contributed by atoms with Crippen molar-refractivity contribution in [1.82, 2.24) is 14.2 Å². The van der Waals surface area contributed by atoms with Crippen LogP contribution in [0, 0.1) is 17.7 Å². The van der Waals surface area contributed by atoms with Crippen LogP contribution in [0.2, 0.25) is 0 Å². The number of rotatable bonds is 2. The van der Waals surface area contributed by atoms with Gasteiger partial charge < -0.3 is 15.0 Å². The highest BCUT2D eigenvalue weighted by atomic mass is 19.1. The van der Waals surface area contributed by atoms with Crippen LogP contribution in [0.1, 0.15) is 18.9 Å². The topological polar surface area (TPSA) is 70.7 Å². The van der Waals surface area contributed by atoms with Gasteiger partial charge in [-0.15, -0.1) is 0 Å². The van der Waals surface area contributed by atoms with Crippen molar-refractivity contribution in [3.8, 4) is 0 Å². The molecule has 2 unspecified atom stereocenters. The number of likely N-dealkylation sites (tertiary alicyclic amines) is 1. The first-order valence-electron chi connectivity index (χ1n) is 9.07. The number of halogens is 1. The van der Waals surface area contributed by atoms with Crippen LogP contribution in [0.25, 0.3) is 10.9 Å². The molecule has 0 bridgehead atoms. The van der Waals surface area contributed by atoms with Crippen molar-refractivity contribution < 1.29 is 9.60 Å². The van der Waals surface area contributed by atoms with E-state index in [1.165, 1.54) is 4.57 Å². The van der Waals surface area contributed by atoms with Gasteiger partial charge in [-0.25, -0.2) is 9.18 Å². The summed E-state index contributed by atoms with van der Waals surface area (Å²) in [5.74, 6) is 0.557. The fraction of sp³-hybridized carbons (Fsp3) is 0.556. The van der Waals surface area contributed by atoms with Crippen molar-refractivity contribution in [3.05, 3.63) is 38.8 Å². The predicted octanol–water partition coefficient (Wildman–Crippen LogP) is 0.872. The summed E-state index contributed by atoms with van der Waals surface area (Å²) in [7, 11) is 2.10. The Labute approximate surface area is 148 Å². The Morgan fingerprint density at radius 1 is 1.08 bits per heavy atom. The average molecular weight is 360 g/mol. The molecule has 0 radical (unpaired) electrons. The van der Waals surface area contributed by atoms with Crippen LogP contribution >= 0.6 is 0 Å². The summed E-state index contributed by atoms with van der Waals surface area (Å²) in [6.45, 7) is 3.58. The molecule has 138 valence electrons. The third-order valence-corrected chi connectivity index (χ3v) is 6.06. The molecule has 1 aromatic heterocycles. The van der Waals surface area contributed by atoms with Crippen LogP contribution in [0.5, 0.6) is 0 Å². The van der Waals surface area contributed by atoms with Crippen LogP contribution in [0.4, 0.5) is 10.1 Å². The van der Waals surface area contributed by atoms with E-state index in [9.17, 15) is 19.2 Å². The zero-order chi connectivity index (χ0) is 18.2. The molecule has 1 aromatic carbocycles. The summed E-state index contributed by atoms with van der Waals surface area (Å²) in [5, 5.41) is 9.84. The molecule has 2 aromatic rings. The highest BCUT2D eigenvalue weighted by molar-refractivity contribution is 5.83. The highest BCUT2D eigenvalue weighted by Crippen LogP contribution is 2.38. The Morgan fingerprint density at radius 2 is 1.73 bits per heavy atom. The molecule has 3 aliphatic rings. The molecule has 0 amide bonds. The van der Waals surface area contributed by atoms with Gasteiger partial charge in [0.15, 0.2) is 0 Å². The number of hydrogen-bond donors (Lipinski definition) is 1. The van der Waals surface area contributed by atoms with Gasteiger partial charge in [-0.3, -0.25) is 9.36 Å². The quantitative estimate of drug-likeness (QED) is 0.805. The van der Waals surface area contributed by atoms with Gasteiger partial charge in [-0.2, -0.15) is 0 Å². The van der Waals surface area contributed by atoms with Crippen molar-refractivity contribution in [2.24, 2.45) is 11.8 Å². The zero-order valence-corrected chi connectivity index (χ0v) is 14.6. The largest absolute Gasteiger partial charge is 0.421 e. The summed E-state index contributed by atoms with van der Waals surface area (Å²) in [5.41, 5.74) is -0.758. The lowest BCUT2D eigenvalue weighted by Gasteiger charge is -2.23. The molecule has 1 aliphatic carbocycles. The van der Waals surface area contributed by atoms with Crippen LogP contribution < -0.4 is 16.1 Å². The second-order valence-electron chi connectivity index (χ2n) is 7.97. The number of hydrogen-bond acceptors (Lipinski definition) is 5. The molecular weight excluding hydrogens is 339 g/mol. The second-order valence-corrected chi connectivity index (χ2v) is 7.97. The van der Waals surface area contributed by atoms with Crippen molar-refractivity contribution in [2.45, 2.75) is 18.9 Å². The number of fused-ring (bicyclic) bond motifs is 2. The van der Waals surface area contributed by atoms with Crippen molar-refractivity contribution in [1.29, 1.82) is 0 Å². The van der Waals surface area contributed by atoms with E-state index in [2.05, 4.69) is 11.9 Å². The van der Waals surface area contributed by atoms with E-state index in [0.29, 0.717) is 23.0 Å². The SMILES string of the molecule is CN1CC2CN(c3cc4c(cc3F)c(=O)n(O)c(=O)n4C3CC3)CC2C1. The van der Waals surface area contributed by atoms with Gasteiger partial charge in [0.25, 0.3) is 5.56 Å². The van der Waals surface area contributed by atoms with Gasteiger partial charge in [-0.05, 0) is 43.9 Å². The standard InChI is InChI=1S/C18H21FN4O3/c1-20-6-10-8-21(9-11(10)7-20)16-5-15-13(4-14(16)19)17(24)23(26)18(25)22(15)12-2-3-12/h4-5,10-12,26H,2-3,6-9H2,1H3. The molecule has 2 atom stereocenters. The first-order chi connectivity index (χ1) is 12.4. The Bertz CT molecular complexity index is 1010. The monoisotopic (exact) mass is 360 g/mol. The molecule has 26 heavy (non-hydrogen) atoms. The zero-order valence-electron chi connectivity index (χ0n) is 14.6. The van der Waals surface area contributed by atoms with Gasteiger partial charge in [0.2, 0.25) is 0 Å². The van der Waals surface area contributed by atoms with Gasteiger partial charge in [0, 0.05) is 32.2 Å². The smallest absolute Gasteiger partial charge is 0.365 e. The third-order valence-electron chi connectivity index (χ3n) is 6.06. The third kappa shape index (κ3) is 2.21. The fourth-order valence-electron chi connectivity index (χ4n) is 4.68. The number of nitrogens with zero attached hydrogens (tertiary/aromatic N) is 4. The lowest BCUT2D eigenvalue weighted by molar-refractivity contribution is 0.157. The molecule has 2 aliphatic heterocycles. The Hall–Kier alpha value is -2.35. The molecule has 3 heterocycles. The second kappa shape index (κ2) is 5.33. The van der Waals surface area contributed by atoms with E-state index in [1.54, 1.807) is 6.07 Å². The van der Waals surface area contributed by atoms with Gasteiger partial charge in [-0.1, -0.05) is 4.73 Å². The molecule has 8 heteroatoms. The van der Waals surface area contributed by atoms with E-state index in [-0.39, 0.29) is 16.2 Å². The van der Waals surface area contributed by atoms with E-state index >= 15 is 0 Å². The molecule has 1 saturated carbocycles. The maximum atomic E-state index is 14.8. The normalized spacial score (nSPS) is 26.0. The first-order valence-corrected chi connectivity index (χ1v) is 9.07. The fourth-order valence-corrected chi connectivity index (χ4v) is 4.68. The molecule has 1 N–H and O–H groups in total. The van der Waals surface area contributed by atoms with Gasteiger partial charge >= 0.3 is 5.69 Å². The van der Waals surface area contributed by atoms with Crippen LogP contribution in [-0.4, -0.2) is 52.6 Å². The van der Waals surface area contributed by atoms with Crippen molar-refractivity contribution in [2.75, 3.05) is 38.1 Å². The molecule has 7 nitrogen and oxygen atoms in total. The van der Waals surface area contributed by atoms with Crippen LogP contribution in [0.3, 0.4) is 0 Å². The Kier molecular flexibility index (Phi) is 3.25. The number of anilines is 1.